The summed E-state index contributed by atoms with van der Waals surface area (Å²) in [5.74, 6) is -2.17. The topological polar surface area (TPSA) is 124 Å². The summed E-state index contributed by atoms with van der Waals surface area (Å²) in [6.07, 6.45) is 0.622. The summed E-state index contributed by atoms with van der Waals surface area (Å²) in [4.78, 5) is 36.2. The molecular weight excluding hydrogens is 374 g/mol. The van der Waals surface area contributed by atoms with E-state index < -0.39 is 16.0 Å². The number of aromatic carboxylic acids is 1. The highest BCUT2D eigenvalue weighted by Crippen LogP contribution is 2.26. The first-order valence-corrected chi connectivity index (χ1v) is 9.90. The van der Waals surface area contributed by atoms with Crippen molar-refractivity contribution in [3.63, 3.8) is 0 Å². The first-order valence-electron chi connectivity index (χ1n) is 8.46. The van der Waals surface area contributed by atoms with Crippen molar-refractivity contribution in [2.75, 3.05) is 33.7 Å². The highest BCUT2D eigenvalue weighted by atomic mass is 32.2. The number of nitrogens with zero attached hydrogens (tertiary/aromatic N) is 2. The molecule has 1 heterocycles. The van der Waals surface area contributed by atoms with Crippen molar-refractivity contribution in [1.29, 1.82) is 0 Å². The van der Waals surface area contributed by atoms with E-state index >= 15 is 0 Å². The maximum Gasteiger partial charge on any atom is 0.337 e. The highest BCUT2D eigenvalue weighted by Gasteiger charge is 2.35. The summed E-state index contributed by atoms with van der Waals surface area (Å²) in [6, 6.07) is 5.46. The van der Waals surface area contributed by atoms with Crippen LogP contribution in [0.1, 0.15) is 23.2 Å². The van der Waals surface area contributed by atoms with Crippen LogP contribution in [0.15, 0.2) is 29.2 Å². The number of sulfonamides is 1. The largest absolute Gasteiger partial charge is 0.478 e. The van der Waals surface area contributed by atoms with Gasteiger partial charge in [-0.1, -0.05) is 12.1 Å². The predicted molar refractivity (Wildman–Crippen MR) is 96.6 cm³/mol. The SMILES string of the molecule is CNC(=O)CN(C)C(=O)C1CCN(S(=O)(=O)c2ccccc2C(=O)O)CC1. The van der Waals surface area contributed by atoms with Crippen LogP contribution in [0.3, 0.4) is 0 Å². The minimum Gasteiger partial charge on any atom is -0.478 e. The molecule has 1 saturated heterocycles. The lowest BCUT2D eigenvalue weighted by atomic mass is 9.97. The van der Waals surface area contributed by atoms with E-state index in [4.69, 9.17) is 0 Å². The number of hydrogen-bond donors (Lipinski definition) is 2. The van der Waals surface area contributed by atoms with Crippen molar-refractivity contribution in [2.24, 2.45) is 5.92 Å². The zero-order chi connectivity index (χ0) is 20.2. The lowest BCUT2D eigenvalue weighted by Crippen LogP contribution is -2.45. The third-order valence-electron chi connectivity index (χ3n) is 4.57. The Morgan fingerprint density at radius 3 is 2.37 bits per heavy atom. The van der Waals surface area contributed by atoms with Gasteiger partial charge in [-0.2, -0.15) is 4.31 Å². The van der Waals surface area contributed by atoms with Gasteiger partial charge in [0.1, 0.15) is 0 Å². The van der Waals surface area contributed by atoms with Gasteiger partial charge >= 0.3 is 5.97 Å². The number of likely N-dealkylation sites (N-methyl/N-ethyl adjacent to an activating group) is 2. The van der Waals surface area contributed by atoms with Gasteiger partial charge < -0.3 is 15.3 Å². The molecule has 1 aliphatic rings. The van der Waals surface area contributed by atoms with Crippen LogP contribution in [0, 0.1) is 5.92 Å². The Kier molecular flexibility index (Phi) is 6.55. The van der Waals surface area contributed by atoms with Crippen LogP contribution in [-0.2, 0) is 19.6 Å². The molecule has 1 fully saturated rings. The summed E-state index contributed by atoms with van der Waals surface area (Å²) in [5.41, 5.74) is -0.277. The smallest absolute Gasteiger partial charge is 0.337 e. The van der Waals surface area contributed by atoms with Gasteiger partial charge in [-0.3, -0.25) is 9.59 Å². The normalized spacial score (nSPS) is 15.9. The molecule has 0 radical (unpaired) electrons. The molecule has 1 aromatic rings. The van der Waals surface area contributed by atoms with Crippen molar-refractivity contribution >= 4 is 27.8 Å². The van der Waals surface area contributed by atoms with Crippen LogP contribution >= 0.6 is 0 Å². The van der Waals surface area contributed by atoms with E-state index in [0.717, 1.165) is 0 Å². The van der Waals surface area contributed by atoms with Gasteiger partial charge in [-0.25, -0.2) is 13.2 Å². The van der Waals surface area contributed by atoms with Gasteiger partial charge in [0.05, 0.1) is 17.0 Å². The molecule has 0 saturated carbocycles. The fraction of sp³-hybridized carbons (Fsp3) is 0.471. The summed E-state index contributed by atoms with van der Waals surface area (Å²) in [7, 11) is -0.950. The zero-order valence-corrected chi connectivity index (χ0v) is 16.0. The Morgan fingerprint density at radius 1 is 1.22 bits per heavy atom. The van der Waals surface area contributed by atoms with Crippen molar-refractivity contribution in [2.45, 2.75) is 17.7 Å². The first kappa shape index (κ1) is 20.8. The Labute approximate surface area is 158 Å². The molecule has 1 aromatic carbocycles. The van der Waals surface area contributed by atoms with E-state index in [-0.39, 0.29) is 47.8 Å². The number of piperidine rings is 1. The maximum absolute atomic E-state index is 12.8. The fourth-order valence-electron chi connectivity index (χ4n) is 3.03. The molecule has 2 N–H and O–H groups in total. The van der Waals surface area contributed by atoms with Gasteiger partial charge in [-0.15, -0.1) is 0 Å². The molecule has 27 heavy (non-hydrogen) atoms. The molecule has 0 unspecified atom stereocenters. The average Bonchev–Trinajstić information content (AvgIpc) is 2.67. The molecule has 9 nitrogen and oxygen atoms in total. The number of amides is 2. The van der Waals surface area contributed by atoms with E-state index in [0.29, 0.717) is 12.8 Å². The molecule has 1 aliphatic heterocycles. The van der Waals surface area contributed by atoms with E-state index in [9.17, 15) is 27.9 Å². The molecule has 0 bridgehead atoms. The molecule has 148 valence electrons. The quantitative estimate of drug-likeness (QED) is 0.696. The Morgan fingerprint density at radius 2 is 1.81 bits per heavy atom. The third-order valence-corrected chi connectivity index (χ3v) is 6.53. The number of rotatable bonds is 6. The Hall–Kier alpha value is -2.46. The number of benzene rings is 1. The minimum atomic E-state index is -3.97. The number of carboxylic acids is 1. The van der Waals surface area contributed by atoms with E-state index in [2.05, 4.69) is 5.32 Å². The number of nitrogens with one attached hydrogen (secondary N) is 1. The molecule has 0 aromatic heterocycles. The molecule has 2 rings (SSSR count). The van der Waals surface area contributed by atoms with E-state index in [1.807, 2.05) is 0 Å². The van der Waals surface area contributed by atoms with Crippen molar-refractivity contribution in [3.05, 3.63) is 29.8 Å². The summed E-state index contributed by atoms with van der Waals surface area (Å²) >= 11 is 0. The van der Waals surface area contributed by atoms with Crippen LogP contribution in [0.2, 0.25) is 0 Å². The number of carbonyl (C=O) groups is 3. The zero-order valence-electron chi connectivity index (χ0n) is 15.2. The van der Waals surface area contributed by atoms with Crippen LogP contribution in [0.25, 0.3) is 0 Å². The lowest BCUT2D eigenvalue weighted by Gasteiger charge is -2.32. The van der Waals surface area contributed by atoms with E-state index in [1.54, 1.807) is 0 Å². The van der Waals surface area contributed by atoms with Gasteiger partial charge in [0.25, 0.3) is 0 Å². The molecule has 0 atom stereocenters. The van der Waals surface area contributed by atoms with Crippen molar-refractivity contribution in [3.8, 4) is 0 Å². The predicted octanol–water partition coefficient (Wildman–Crippen LogP) is -0.0101. The fourth-order valence-corrected chi connectivity index (χ4v) is 4.69. The molecule has 2 amide bonds. The van der Waals surface area contributed by atoms with E-state index in [1.165, 1.54) is 47.6 Å². The van der Waals surface area contributed by atoms with Crippen LogP contribution in [0.5, 0.6) is 0 Å². The maximum atomic E-state index is 12.8. The first-order chi connectivity index (χ1) is 12.7. The number of hydrogen-bond acceptors (Lipinski definition) is 5. The summed E-state index contributed by atoms with van der Waals surface area (Å²) in [5, 5.41) is 11.7. The van der Waals surface area contributed by atoms with Gasteiger partial charge in [-0.05, 0) is 25.0 Å². The summed E-state index contributed by atoms with van der Waals surface area (Å²) < 4.78 is 26.8. The summed E-state index contributed by atoms with van der Waals surface area (Å²) in [6.45, 7) is 0.168. The molecular formula is C17H23N3O6S. The van der Waals surface area contributed by atoms with Crippen LogP contribution in [0.4, 0.5) is 0 Å². The van der Waals surface area contributed by atoms with Crippen molar-refractivity contribution < 1.29 is 27.9 Å². The second-order valence-electron chi connectivity index (χ2n) is 6.35. The van der Waals surface area contributed by atoms with Crippen LogP contribution < -0.4 is 5.32 Å². The lowest BCUT2D eigenvalue weighted by molar-refractivity contribution is -0.138. The second kappa shape index (κ2) is 8.49. The highest BCUT2D eigenvalue weighted by molar-refractivity contribution is 7.89. The average molecular weight is 397 g/mol. The van der Waals surface area contributed by atoms with Crippen LogP contribution in [-0.4, -0.2) is 74.2 Å². The van der Waals surface area contributed by atoms with Gasteiger partial charge in [0.15, 0.2) is 0 Å². The molecule has 0 aliphatic carbocycles. The third kappa shape index (κ3) is 4.64. The monoisotopic (exact) mass is 397 g/mol. The van der Waals surface area contributed by atoms with Gasteiger partial charge in [0.2, 0.25) is 21.8 Å². The standard InChI is InChI=1S/C17H23N3O6S/c1-18-15(21)11-19(2)16(22)12-7-9-20(10-8-12)27(25,26)14-6-4-3-5-13(14)17(23)24/h3-6,12H,7-11H2,1-2H3,(H,18,21)(H,23,24). The molecule has 10 heteroatoms. The number of carboxylic acid groups (broad SMARTS) is 1. The van der Waals surface area contributed by atoms with Crippen molar-refractivity contribution in [1.82, 2.24) is 14.5 Å². The second-order valence-corrected chi connectivity index (χ2v) is 8.25. The Balaban J connectivity index is 2.08. The molecule has 0 spiro atoms. The minimum absolute atomic E-state index is 0.0557. The van der Waals surface area contributed by atoms with Gasteiger partial charge in [0, 0.05) is 33.1 Å². The number of carbonyl (C=O) groups excluding carboxylic acids is 2. The Bertz CT molecular complexity index is 831.